The highest BCUT2D eigenvalue weighted by atomic mass is 16.6. The first kappa shape index (κ1) is 23.3. The van der Waals surface area contributed by atoms with Crippen LogP contribution in [-0.2, 0) is 25.5 Å². The lowest BCUT2D eigenvalue weighted by atomic mass is 10.0. The summed E-state index contributed by atoms with van der Waals surface area (Å²) in [5, 5.41) is 6.28. The lowest BCUT2D eigenvalue weighted by Gasteiger charge is -2.26. The van der Waals surface area contributed by atoms with E-state index in [1.807, 2.05) is 30.5 Å². The van der Waals surface area contributed by atoms with Crippen molar-refractivity contribution in [2.75, 3.05) is 7.11 Å². The number of ether oxygens (including phenoxy) is 2. The summed E-state index contributed by atoms with van der Waals surface area (Å²) in [6.07, 6.45) is 1.37. The summed E-state index contributed by atoms with van der Waals surface area (Å²) in [5.41, 5.74) is 1.13. The Morgan fingerprint density at radius 3 is 2.37 bits per heavy atom. The van der Waals surface area contributed by atoms with E-state index in [2.05, 4.69) is 15.6 Å². The molecule has 8 heteroatoms. The highest BCUT2D eigenvalue weighted by molar-refractivity contribution is 5.91. The first-order valence-corrected chi connectivity index (χ1v) is 9.94. The molecule has 2 amide bonds. The second-order valence-corrected chi connectivity index (χ2v) is 8.52. The topological polar surface area (TPSA) is 110 Å². The van der Waals surface area contributed by atoms with Crippen LogP contribution in [0.2, 0.25) is 0 Å². The third-order valence-electron chi connectivity index (χ3n) is 4.52. The number of hydrogen-bond donors (Lipinski definition) is 3. The van der Waals surface area contributed by atoms with Crippen LogP contribution in [-0.4, -0.2) is 47.7 Å². The number of esters is 1. The summed E-state index contributed by atoms with van der Waals surface area (Å²) < 4.78 is 10.1. The molecule has 2 atom stereocenters. The van der Waals surface area contributed by atoms with Crippen LogP contribution in [0.5, 0.6) is 0 Å². The molecule has 0 saturated heterocycles. The van der Waals surface area contributed by atoms with Crippen LogP contribution < -0.4 is 10.6 Å². The van der Waals surface area contributed by atoms with Gasteiger partial charge in [0, 0.05) is 23.5 Å². The highest BCUT2D eigenvalue weighted by Gasteiger charge is 2.31. The molecule has 0 fully saturated rings. The Morgan fingerprint density at radius 1 is 1.10 bits per heavy atom. The standard InChI is InChI=1S/C22H31N3O5/c1-13(2)18(25-21(28)30-22(3,4)5)19(26)24-17(20(27)29-6)11-14-12-23-16-10-8-7-9-15(14)16/h7-10,12-13,17-18,23H,11H2,1-6H3,(H,24,26)(H,25,28)/t17-,18-/m0/s1. The van der Waals surface area contributed by atoms with Gasteiger partial charge in [-0.15, -0.1) is 0 Å². The number of H-pyrrole nitrogens is 1. The number of para-hydroxylation sites is 1. The molecule has 0 unspecified atom stereocenters. The zero-order valence-electron chi connectivity index (χ0n) is 18.4. The van der Waals surface area contributed by atoms with E-state index in [1.54, 1.807) is 34.6 Å². The lowest BCUT2D eigenvalue weighted by Crippen LogP contribution is -2.55. The zero-order valence-corrected chi connectivity index (χ0v) is 18.4. The van der Waals surface area contributed by atoms with Crippen molar-refractivity contribution in [1.29, 1.82) is 0 Å². The van der Waals surface area contributed by atoms with Crippen molar-refractivity contribution >= 4 is 28.9 Å². The van der Waals surface area contributed by atoms with E-state index in [4.69, 9.17) is 9.47 Å². The lowest BCUT2D eigenvalue weighted by molar-refractivity contribution is -0.145. The SMILES string of the molecule is COC(=O)[C@H](Cc1c[nH]c2ccccc12)NC(=O)[C@@H](NC(=O)OC(C)(C)C)C(C)C. The van der Waals surface area contributed by atoms with Crippen molar-refractivity contribution in [3.8, 4) is 0 Å². The van der Waals surface area contributed by atoms with E-state index in [-0.39, 0.29) is 12.3 Å². The third-order valence-corrected chi connectivity index (χ3v) is 4.52. The Bertz CT molecular complexity index is 898. The van der Waals surface area contributed by atoms with Crippen molar-refractivity contribution in [2.24, 2.45) is 5.92 Å². The Balaban J connectivity index is 2.16. The van der Waals surface area contributed by atoms with Gasteiger partial charge in [0.05, 0.1) is 7.11 Å². The van der Waals surface area contributed by atoms with E-state index in [0.717, 1.165) is 16.5 Å². The molecule has 2 rings (SSSR count). The first-order valence-electron chi connectivity index (χ1n) is 9.94. The molecule has 164 valence electrons. The fourth-order valence-electron chi connectivity index (χ4n) is 3.09. The highest BCUT2D eigenvalue weighted by Crippen LogP contribution is 2.19. The van der Waals surface area contributed by atoms with Crippen LogP contribution >= 0.6 is 0 Å². The maximum absolute atomic E-state index is 12.9. The molecule has 1 aromatic carbocycles. The predicted octanol–water partition coefficient (Wildman–Crippen LogP) is 2.92. The molecule has 30 heavy (non-hydrogen) atoms. The minimum atomic E-state index is -0.900. The van der Waals surface area contributed by atoms with Gasteiger partial charge in [0.2, 0.25) is 5.91 Å². The summed E-state index contributed by atoms with van der Waals surface area (Å²) in [6, 6.07) is 5.93. The number of rotatable bonds is 7. The second-order valence-electron chi connectivity index (χ2n) is 8.52. The Hall–Kier alpha value is -3.03. The Kier molecular flexibility index (Phi) is 7.48. The molecule has 0 radical (unpaired) electrons. The van der Waals surface area contributed by atoms with Crippen molar-refractivity contribution in [2.45, 2.75) is 58.7 Å². The second kappa shape index (κ2) is 9.65. The first-order chi connectivity index (χ1) is 14.0. The maximum atomic E-state index is 12.9. The fourth-order valence-corrected chi connectivity index (χ4v) is 3.09. The fraction of sp³-hybridized carbons (Fsp3) is 0.500. The summed E-state index contributed by atoms with van der Waals surface area (Å²) in [7, 11) is 1.27. The van der Waals surface area contributed by atoms with E-state index in [1.165, 1.54) is 7.11 Å². The van der Waals surface area contributed by atoms with Crippen LogP contribution in [0.1, 0.15) is 40.2 Å². The number of amides is 2. The average molecular weight is 418 g/mol. The smallest absolute Gasteiger partial charge is 0.408 e. The van der Waals surface area contributed by atoms with Gasteiger partial charge in [0.15, 0.2) is 0 Å². The van der Waals surface area contributed by atoms with Gasteiger partial charge >= 0.3 is 12.1 Å². The summed E-state index contributed by atoms with van der Waals surface area (Å²) in [4.78, 5) is 40.6. The van der Waals surface area contributed by atoms with Crippen molar-refractivity contribution in [3.05, 3.63) is 36.0 Å². The number of benzene rings is 1. The molecule has 0 saturated carbocycles. The van der Waals surface area contributed by atoms with E-state index >= 15 is 0 Å². The summed E-state index contributed by atoms with van der Waals surface area (Å²) >= 11 is 0. The van der Waals surface area contributed by atoms with Gasteiger partial charge in [0.25, 0.3) is 0 Å². The number of nitrogens with one attached hydrogen (secondary N) is 3. The largest absolute Gasteiger partial charge is 0.467 e. The van der Waals surface area contributed by atoms with Crippen LogP contribution in [0.25, 0.3) is 10.9 Å². The average Bonchev–Trinajstić information content (AvgIpc) is 3.06. The van der Waals surface area contributed by atoms with E-state index < -0.39 is 35.7 Å². The van der Waals surface area contributed by atoms with Gasteiger partial charge in [-0.1, -0.05) is 32.0 Å². The van der Waals surface area contributed by atoms with Gasteiger partial charge < -0.3 is 25.1 Å². The van der Waals surface area contributed by atoms with Crippen LogP contribution in [0.3, 0.4) is 0 Å². The Morgan fingerprint density at radius 2 is 1.77 bits per heavy atom. The molecule has 0 bridgehead atoms. The van der Waals surface area contributed by atoms with Gasteiger partial charge in [-0.05, 0) is 38.3 Å². The van der Waals surface area contributed by atoms with Crippen LogP contribution in [0, 0.1) is 5.92 Å². The predicted molar refractivity (Wildman–Crippen MR) is 114 cm³/mol. The van der Waals surface area contributed by atoms with Crippen LogP contribution in [0.15, 0.2) is 30.5 Å². The quantitative estimate of drug-likeness (QED) is 0.600. The summed E-state index contributed by atoms with van der Waals surface area (Å²) in [6.45, 7) is 8.82. The number of carbonyl (C=O) groups excluding carboxylic acids is 3. The van der Waals surface area contributed by atoms with Crippen LogP contribution in [0.4, 0.5) is 4.79 Å². The number of carbonyl (C=O) groups is 3. The molecule has 8 nitrogen and oxygen atoms in total. The summed E-state index contributed by atoms with van der Waals surface area (Å²) in [5.74, 6) is -1.26. The van der Waals surface area contributed by atoms with Gasteiger partial charge in [-0.3, -0.25) is 4.79 Å². The molecule has 0 aliphatic rings. The number of aromatic amines is 1. The zero-order chi connectivity index (χ0) is 22.5. The molecule has 2 aromatic rings. The van der Waals surface area contributed by atoms with Crippen molar-refractivity contribution in [3.63, 3.8) is 0 Å². The maximum Gasteiger partial charge on any atom is 0.408 e. The normalized spacial score (nSPS) is 13.6. The van der Waals surface area contributed by atoms with Gasteiger partial charge in [-0.2, -0.15) is 0 Å². The molecule has 1 heterocycles. The molecule has 3 N–H and O–H groups in total. The number of fused-ring (bicyclic) bond motifs is 1. The number of alkyl carbamates (subject to hydrolysis) is 1. The number of methoxy groups -OCH3 is 1. The monoisotopic (exact) mass is 417 g/mol. The molecule has 0 aliphatic carbocycles. The Labute approximate surface area is 176 Å². The molecule has 0 aliphatic heterocycles. The van der Waals surface area contributed by atoms with Gasteiger partial charge in [0.1, 0.15) is 17.7 Å². The number of hydrogen-bond acceptors (Lipinski definition) is 5. The van der Waals surface area contributed by atoms with E-state index in [9.17, 15) is 14.4 Å². The number of aromatic nitrogens is 1. The van der Waals surface area contributed by atoms with E-state index in [0.29, 0.717) is 0 Å². The minimum Gasteiger partial charge on any atom is -0.467 e. The molecular formula is C22H31N3O5. The van der Waals surface area contributed by atoms with Crippen molar-refractivity contribution < 1.29 is 23.9 Å². The van der Waals surface area contributed by atoms with Gasteiger partial charge in [-0.25, -0.2) is 9.59 Å². The minimum absolute atomic E-state index is 0.219. The molecular weight excluding hydrogens is 386 g/mol. The molecule has 0 spiro atoms. The van der Waals surface area contributed by atoms with Crippen molar-refractivity contribution in [1.82, 2.24) is 15.6 Å². The third kappa shape index (κ3) is 6.23. The molecule has 1 aromatic heterocycles.